The molecule has 3 aliphatic heterocycles. The zero-order valence-electron chi connectivity index (χ0n) is 24.8. The standard InChI is InChI=1S/C29H42N4O10S/c1-17(2)12-23(26(35)31-24(27(36)44(39,40)41)13-19-10-11-30-25(19)34)32-28(37)43-22-14-20-8-9-21(15-22)33(20)29(38)42-16-18-6-4-3-5-7-18/h3-7,17,19-24,27,36H,8-16H2,1-2H3,(H,30,34)(H,31,35)(H,32,37)(H,39,40,41)/p-1/t19-,20?,21?,22?,23-,24-,27?/m0/s1. The van der Waals surface area contributed by atoms with Gasteiger partial charge >= 0.3 is 12.2 Å². The number of piperidine rings is 1. The summed E-state index contributed by atoms with van der Waals surface area (Å²) in [5, 5.41) is 17.7. The van der Waals surface area contributed by atoms with Crippen LogP contribution in [-0.2, 0) is 35.8 Å². The van der Waals surface area contributed by atoms with Crippen molar-refractivity contribution < 1.29 is 46.7 Å². The van der Waals surface area contributed by atoms with Gasteiger partial charge in [0.15, 0.2) is 5.44 Å². The molecule has 244 valence electrons. The molecule has 0 spiro atoms. The maximum absolute atomic E-state index is 13.3. The van der Waals surface area contributed by atoms with Crippen LogP contribution in [0.2, 0.25) is 0 Å². The number of benzene rings is 1. The van der Waals surface area contributed by atoms with Crippen LogP contribution < -0.4 is 16.0 Å². The van der Waals surface area contributed by atoms with Crippen molar-refractivity contribution in [2.75, 3.05) is 6.54 Å². The van der Waals surface area contributed by atoms with E-state index in [2.05, 4.69) is 16.0 Å². The summed E-state index contributed by atoms with van der Waals surface area (Å²) in [5.74, 6) is -1.98. The predicted octanol–water partition coefficient (Wildman–Crippen LogP) is 1.33. The molecular formula is C29H41N4O10S-. The second kappa shape index (κ2) is 14.6. The highest BCUT2D eigenvalue weighted by Gasteiger charge is 2.45. The van der Waals surface area contributed by atoms with Crippen LogP contribution in [0.15, 0.2) is 30.3 Å². The van der Waals surface area contributed by atoms with E-state index in [9.17, 15) is 37.3 Å². The number of aliphatic hydroxyl groups excluding tert-OH is 1. The van der Waals surface area contributed by atoms with Crippen LogP contribution >= 0.6 is 0 Å². The maximum atomic E-state index is 13.3. The molecule has 0 saturated carbocycles. The number of alkyl carbamates (subject to hydrolysis) is 1. The van der Waals surface area contributed by atoms with Gasteiger partial charge in [-0.05, 0) is 43.6 Å². The van der Waals surface area contributed by atoms with Gasteiger partial charge in [-0.15, -0.1) is 0 Å². The number of ether oxygens (including phenoxy) is 2. The first-order valence-corrected chi connectivity index (χ1v) is 16.5. The van der Waals surface area contributed by atoms with Gasteiger partial charge in [0.05, 0.1) is 6.04 Å². The highest BCUT2D eigenvalue weighted by molar-refractivity contribution is 7.86. The number of hydrogen-bond acceptors (Lipinski definition) is 10. The van der Waals surface area contributed by atoms with Crippen molar-refractivity contribution in [1.82, 2.24) is 20.9 Å². The summed E-state index contributed by atoms with van der Waals surface area (Å²) in [6.45, 7) is 4.14. The third-order valence-electron chi connectivity index (χ3n) is 8.36. The lowest BCUT2D eigenvalue weighted by Gasteiger charge is -2.37. The molecule has 3 unspecified atom stereocenters. The molecule has 6 atom stereocenters. The molecule has 4 rings (SSSR count). The summed E-state index contributed by atoms with van der Waals surface area (Å²) >= 11 is 0. The first-order chi connectivity index (χ1) is 20.8. The molecule has 14 nitrogen and oxygen atoms in total. The molecule has 44 heavy (non-hydrogen) atoms. The minimum absolute atomic E-state index is 0.0840. The molecule has 4 amide bonds. The lowest BCUT2D eigenvalue weighted by molar-refractivity contribution is -0.126. The van der Waals surface area contributed by atoms with Crippen molar-refractivity contribution in [1.29, 1.82) is 0 Å². The maximum Gasteiger partial charge on any atom is 0.410 e. The van der Waals surface area contributed by atoms with E-state index in [1.165, 1.54) is 0 Å². The van der Waals surface area contributed by atoms with Crippen molar-refractivity contribution in [3.8, 4) is 0 Å². The highest BCUT2D eigenvalue weighted by Crippen LogP contribution is 2.37. The summed E-state index contributed by atoms with van der Waals surface area (Å²) in [5.41, 5.74) is -1.60. The average molecular weight is 638 g/mol. The van der Waals surface area contributed by atoms with Crippen LogP contribution in [0.1, 0.15) is 64.4 Å². The normalized spacial score (nSPS) is 25.1. The van der Waals surface area contributed by atoms with Gasteiger partial charge in [0.25, 0.3) is 0 Å². The Morgan fingerprint density at radius 1 is 1.09 bits per heavy atom. The molecule has 3 aliphatic rings. The van der Waals surface area contributed by atoms with Gasteiger partial charge < -0.3 is 40.0 Å². The number of nitrogens with one attached hydrogen (secondary N) is 3. The molecule has 3 saturated heterocycles. The van der Waals surface area contributed by atoms with E-state index in [1.807, 2.05) is 44.2 Å². The van der Waals surface area contributed by atoms with E-state index in [4.69, 9.17) is 9.47 Å². The summed E-state index contributed by atoms with van der Waals surface area (Å²) in [7, 11) is -5.22. The van der Waals surface area contributed by atoms with E-state index in [-0.39, 0.29) is 43.4 Å². The SMILES string of the molecule is CC(C)C[C@H](NC(=O)OC1CC2CCC(C1)N2C(=O)OCc1ccccc1)C(=O)N[C@@H](C[C@@H]1CCNC1=O)C(O)S(=O)(=O)[O-]. The molecule has 3 heterocycles. The molecule has 4 N–H and O–H groups in total. The van der Waals surface area contributed by atoms with Crippen molar-refractivity contribution in [3.63, 3.8) is 0 Å². The summed E-state index contributed by atoms with van der Waals surface area (Å²) in [6.07, 6.45) is 0.755. The Balaban J connectivity index is 1.34. The minimum Gasteiger partial charge on any atom is -0.746 e. The quantitative estimate of drug-likeness (QED) is 0.242. The third-order valence-corrected chi connectivity index (χ3v) is 9.28. The van der Waals surface area contributed by atoms with E-state index >= 15 is 0 Å². The largest absolute Gasteiger partial charge is 0.746 e. The molecule has 15 heteroatoms. The van der Waals surface area contributed by atoms with Crippen LogP contribution in [0, 0.1) is 11.8 Å². The van der Waals surface area contributed by atoms with E-state index in [1.54, 1.807) is 4.90 Å². The molecule has 1 aromatic carbocycles. The Labute approximate surface area is 257 Å². The van der Waals surface area contributed by atoms with Gasteiger partial charge in [-0.3, -0.25) is 9.59 Å². The first-order valence-electron chi connectivity index (χ1n) is 15.0. The van der Waals surface area contributed by atoms with Crippen LogP contribution in [0.25, 0.3) is 0 Å². The smallest absolute Gasteiger partial charge is 0.410 e. The number of hydrogen-bond donors (Lipinski definition) is 4. The topological polar surface area (TPSA) is 203 Å². The number of carbonyl (C=O) groups is 4. The zero-order chi connectivity index (χ0) is 32.0. The molecule has 0 aliphatic carbocycles. The van der Waals surface area contributed by atoms with Gasteiger partial charge in [0.2, 0.25) is 11.8 Å². The molecule has 3 fully saturated rings. The third kappa shape index (κ3) is 8.82. The lowest BCUT2D eigenvalue weighted by atomic mass is 9.97. The molecule has 0 aromatic heterocycles. The Bertz CT molecular complexity index is 1280. The van der Waals surface area contributed by atoms with Gasteiger partial charge in [0, 0.05) is 37.4 Å². The van der Waals surface area contributed by atoms with Gasteiger partial charge in [-0.25, -0.2) is 18.0 Å². The summed E-state index contributed by atoms with van der Waals surface area (Å²) in [4.78, 5) is 52.8. The van der Waals surface area contributed by atoms with E-state index in [0.29, 0.717) is 25.8 Å². The Morgan fingerprint density at radius 2 is 1.75 bits per heavy atom. The number of carbonyl (C=O) groups excluding carboxylic acids is 4. The second-order valence-corrected chi connectivity index (χ2v) is 13.6. The van der Waals surface area contributed by atoms with Crippen molar-refractivity contribution in [2.24, 2.45) is 11.8 Å². The molecule has 2 bridgehead atoms. The fourth-order valence-electron chi connectivity index (χ4n) is 6.25. The van der Waals surface area contributed by atoms with E-state index in [0.717, 1.165) is 18.4 Å². The summed E-state index contributed by atoms with van der Waals surface area (Å²) in [6, 6.07) is 6.30. The number of nitrogens with zero attached hydrogens (tertiary/aromatic N) is 1. The van der Waals surface area contributed by atoms with Gasteiger partial charge in [-0.2, -0.15) is 0 Å². The van der Waals surface area contributed by atoms with Gasteiger partial charge in [0.1, 0.15) is 28.9 Å². The monoisotopic (exact) mass is 637 g/mol. The molecule has 1 aromatic rings. The van der Waals surface area contributed by atoms with Crippen LogP contribution in [0.5, 0.6) is 0 Å². The first kappa shape index (κ1) is 33.5. The number of amides is 4. The van der Waals surface area contributed by atoms with Crippen molar-refractivity contribution >= 4 is 34.1 Å². The van der Waals surface area contributed by atoms with Crippen LogP contribution in [-0.4, -0.2) is 89.2 Å². The highest BCUT2D eigenvalue weighted by atomic mass is 32.2. The van der Waals surface area contributed by atoms with Crippen molar-refractivity contribution in [2.45, 2.75) is 101 Å². The Kier molecular flexibility index (Phi) is 11.1. The number of aliphatic hydroxyl groups is 1. The fraction of sp³-hybridized carbons (Fsp3) is 0.655. The molecular weight excluding hydrogens is 596 g/mol. The molecule has 0 radical (unpaired) electrons. The van der Waals surface area contributed by atoms with Crippen LogP contribution in [0.4, 0.5) is 9.59 Å². The van der Waals surface area contributed by atoms with Gasteiger partial charge in [-0.1, -0.05) is 44.2 Å². The average Bonchev–Trinajstić information content (AvgIpc) is 3.49. The fourth-order valence-corrected chi connectivity index (χ4v) is 6.83. The predicted molar refractivity (Wildman–Crippen MR) is 155 cm³/mol. The van der Waals surface area contributed by atoms with Crippen LogP contribution in [0.3, 0.4) is 0 Å². The minimum atomic E-state index is -5.22. The summed E-state index contributed by atoms with van der Waals surface area (Å²) < 4.78 is 46.0. The van der Waals surface area contributed by atoms with Crippen molar-refractivity contribution in [3.05, 3.63) is 35.9 Å². The Hall–Kier alpha value is -3.43. The lowest BCUT2D eigenvalue weighted by Crippen LogP contribution is -2.55. The zero-order valence-corrected chi connectivity index (χ0v) is 25.7. The number of fused-ring (bicyclic) bond motifs is 2. The number of rotatable bonds is 12. The Morgan fingerprint density at radius 3 is 2.32 bits per heavy atom. The second-order valence-electron chi connectivity index (χ2n) is 12.2. The van der Waals surface area contributed by atoms with E-state index < -0.39 is 57.8 Å².